The van der Waals surface area contributed by atoms with Crippen LogP contribution in [-0.2, 0) is 9.47 Å². The molecule has 3 rings (SSSR count). The average Bonchev–Trinajstić information content (AvgIpc) is 3.13. The van der Waals surface area contributed by atoms with E-state index in [4.69, 9.17) is 19.9 Å². The summed E-state index contributed by atoms with van der Waals surface area (Å²) < 4.78 is 16.5. The van der Waals surface area contributed by atoms with Gasteiger partial charge in [0, 0.05) is 11.8 Å². The lowest BCUT2D eigenvalue weighted by Gasteiger charge is -2.17. The highest BCUT2D eigenvalue weighted by atomic mass is 16.5. The molecule has 152 valence electrons. The summed E-state index contributed by atoms with van der Waals surface area (Å²) in [5.74, 6) is -0.621. The van der Waals surface area contributed by atoms with E-state index in [1.54, 1.807) is 49.6 Å². The standard InChI is InChI=1S/C22H19N3O5/c1-28-15-9-7-13(8-10-15)18-16(21(26)29-2)5-4-6-17(18)25-12-14(11-23)19(24)20(25)22(27)30-3/h4-10,12H,24H2,1-3H3. The van der Waals surface area contributed by atoms with Gasteiger partial charge < -0.3 is 24.5 Å². The fourth-order valence-corrected chi connectivity index (χ4v) is 3.19. The molecule has 30 heavy (non-hydrogen) atoms. The molecule has 0 amide bonds. The number of rotatable bonds is 5. The largest absolute Gasteiger partial charge is 0.497 e. The van der Waals surface area contributed by atoms with Crippen LogP contribution in [0, 0.1) is 11.3 Å². The number of nitrogens with zero attached hydrogens (tertiary/aromatic N) is 2. The number of carbonyl (C=O) groups is 2. The highest BCUT2D eigenvalue weighted by Gasteiger charge is 2.25. The predicted molar refractivity (Wildman–Crippen MR) is 110 cm³/mol. The average molecular weight is 405 g/mol. The summed E-state index contributed by atoms with van der Waals surface area (Å²) in [7, 11) is 4.06. The summed E-state index contributed by atoms with van der Waals surface area (Å²) in [4.78, 5) is 24.9. The Morgan fingerprint density at radius 2 is 1.67 bits per heavy atom. The van der Waals surface area contributed by atoms with Crippen molar-refractivity contribution in [1.82, 2.24) is 4.57 Å². The molecule has 0 atom stereocenters. The van der Waals surface area contributed by atoms with Crippen molar-refractivity contribution in [2.24, 2.45) is 0 Å². The summed E-state index contributed by atoms with van der Waals surface area (Å²) in [6.07, 6.45) is 1.44. The van der Waals surface area contributed by atoms with Gasteiger partial charge in [-0.25, -0.2) is 9.59 Å². The second-order valence-corrected chi connectivity index (χ2v) is 6.20. The lowest BCUT2D eigenvalue weighted by Crippen LogP contribution is -2.13. The molecular formula is C22H19N3O5. The molecule has 0 fully saturated rings. The number of methoxy groups -OCH3 is 3. The molecule has 2 N–H and O–H groups in total. The van der Waals surface area contributed by atoms with Gasteiger partial charge in [-0.15, -0.1) is 0 Å². The van der Waals surface area contributed by atoms with Gasteiger partial charge >= 0.3 is 11.9 Å². The number of hydrogen-bond acceptors (Lipinski definition) is 7. The van der Waals surface area contributed by atoms with Crippen molar-refractivity contribution in [3.63, 3.8) is 0 Å². The Kier molecular flexibility index (Phi) is 5.74. The number of ether oxygens (including phenoxy) is 3. The van der Waals surface area contributed by atoms with E-state index in [1.165, 1.54) is 25.0 Å². The topological polar surface area (TPSA) is 117 Å². The zero-order valence-electron chi connectivity index (χ0n) is 16.6. The van der Waals surface area contributed by atoms with Crippen LogP contribution in [0.5, 0.6) is 5.75 Å². The first-order valence-electron chi connectivity index (χ1n) is 8.82. The molecule has 0 aliphatic rings. The molecule has 0 saturated carbocycles. The van der Waals surface area contributed by atoms with Crippen LogP contribution < -0.4 is 10.5 Å². The highest BCUT2D eigenvalue weighted by Crippen LogP contribution is 2.35. The third-order valence-electron chi connectivity index (χ3n) is 4.63. The van der Waals surface area contributed by atoms with Crippen LogP contribution >= 0.6 is 0 Å². The zero-order valence-corrected chi connectivity index (χ0v) is 16.6. The predicted octanol–water partition coefficient (Wildman–Crippen LogP) is 3.18. The molecule has 1 heterocycles. The maximum atomic E-state index is 12.5. The molecule has 0 spiro atoms. The molecule has 8 nitrogen and oxygen atoms in total. The van der Waals surface area contributed by atoms with Crippen LogP contribution in [-0.4, -0.2) is 37.8 Å². The molecule has 1 aromatic heterocycles. The van der Waals surface area contributed by atoms with Crippen molar-refractivity contribution < 1.29 is 23.8 Å². The summed E-state index contributed by atoms with van der Waals surface area (Å²) in [6, 6.07) is 14.0. The Labute approximate surface area is 173 Å². The summed E-state index contributed by atoms with van der Waals surface area (Å²) >= 11 is 0. The molecule has 8 heteroatoms. The maximum Gasteiger partial charge on any atom is 0.357 e. The van der Waals surface area contributed by atoms with E-state index < -0.39 is 11.9 Å². The van der Waals surface area contributed by atoms with Crippen LogP contribution in [0.15, 0.2) is 48.7 Å². The van der Waals surface area contributed by atoms with Crippen molar-refractivity contribution >= 4 is 17.6 Å². The van der Waals surface area contributed by atoms with E-state index in [0.29, 0.717) is 22.6 Å². The summed E-state index contributed by atoms with van der Waals surface area (Å²) in [5.41, 5.74) is 8.03. The van der Waals surface area contributed by atoms with Gasteiger partial charge in [-0.1, -0.05) is 18.2 Å². The number of carbonyl (C=O) groups excluding carboxylic acids is 2. The number of hydrogen-bond donors (Lipinski definition) is 1. The molecule has 0 bridgehead atoms. The van der Waals surface area contributed by atoms with Gasteiger partial charge in [0.1, 0.15) is 11.8 Å². The third-order valence-corrected chi connectivity index (χ3v) is 4.63. The van der Waals surface area contributed by atoms with Gasteiger partial charge in [-0.05, 0) is 29.8 Å². The van der Waals surface area contributed by atoms with Crippen molar-refractivity contribution in [2.45, 2.75) is 0 Å². The number of nitrogen functional groups attached to an aromatic ring is 1. The van der Waals surface area contributed by atoms with Crippen LogP contribution in [0.3, 0.4) is 0 Å². The minimum atomic E-state index is -0.710. The number of nitriles is 1. The fourth-order valence-electron chi connectivity index (χ4n) is 3.19. The minimum absolute atomic E-state index is 0.00602. The second kappa shape index (κ2) is 8.41. The number of anilines is 1. The van der Waals surface area contributed by atoms with Crippen LogP contribution in [0.2, 0.25) is 0 Å². The van der Waals surface area contributed by atoms with E-state index in [9.17, 15) is 14.9 Å². The molecule has 0 radical (unpaired) electrons. The Morgan fingerprint density at radius 3 is 2.23 bits per heavy atom. The number of nitrogens with two attached hydrogens (primary N) is 1. The quantitative estimate of drug-likeness (QED) is 0.648. The van der Waals surface area contributed by atoms with E-state index in [1.807, 2.05) is 6.07 Å². The molecule has 0 saturated heterocycles. The van der Waals surface area contributed by atoms with E-state index >= 15 is 0 Å². The lowest BCUT2D eigenvalue weighted by molar-refractivity contribution is 0.0588. The lowest BCUT2D eigenvalue weighted by atomic mass is 9.97. The van der Waals surface area contributed by atoms with E-state index in [0.717, 1.165) is 0 Å². The summed E-state index contributed by atoms with van der Waals surface area (Å²) in [6.45, 7) is 0. The van der Waals surface area contributed by atoms with Gasteiger partial charge in [0.05, 0.1) is 43.8 Å². The van der Waals surface area contributed by atoms with Crippen molar-refractivity contribution in [1.29, 1.82) is 5.26 Å². The van der Waals surface area contributed by atoms with Crippen molar-refractivity contribution in [3.05, 3.63) is 65.5 Å². The van der Waals surface area contributed by atoms with E-state index in [-0.39, 0.29) is 22.5 Å². The third kappa shape index (κ3) is 3.44. The first-order chi connectivity index (χ1) is 14.5. The zero-order chi connectivity index (χ0) is 21.8. The van der Waals surface area contributed by atoms with E-state index in [2.05, 4.69) is 0 Å². The molecule has 0 aliphatic heterocycles. The van der Waals surface area contributed by atoms with Gasteiger partial charge in [0.15, 0.2) is 5.69 Å². The Bertz CT molecular complexity index is 1160. The number of aromatic nitrogens is 1. The summed E-state index contributed by atoms with van der Waals surface area (Å²) in [5, 5.41) is 9.40. The molecule has 2 aromatic carbocycles. The van der Waals surface area contributed by atoms with Crippen LogP contribution in [0.25, 0.3) is 16.8 Å². The van der Waals surface area contributed by atoms with Crippen LogP contribution in [0.4, 0.5) is 5.69 Å². The van der Waals surface area contributed by atoms with Crippen molar-refractivity contribution in [3.8, 4) is 28.6 Å². The normalized spacial score (nSPS) is 10.2. The second-order valence-electron chi connectivity index (χ2n) is 6.20. The number of benzene rings is 2. The molecular weight excluding hydrogens is 386 g/mol. The first-order valence-corrected chi connectivity index (χ1v) is 8.82. The number of esters is 2. The van der Waals surface area contributed by atoms with Gasteiger partial charge in [-0.3, -0.25) is 0 Å². The SMILES string of the molecule is COC(=O)c1cccc(-n2cc(C#N)c(N)c2C(=O)OC)c1-c1ccc(OC)cc1. The fraction of sp³-hybridized carbons (Fsp3) is 0.136. The molecule has 0 unspecified atom stereocenters. The monoisotopic (exact) mass is 405 g/mol. The molecule has 0 aliphatic carbocycles. The van der Waals surface area contributed by atoms with Gasteiger partial charge in [-0.2, -0.15) is 5.26 Å². The Balaban J connectivity index is 2.38. The van der Waals surface area contributed by atoms with Crippen molar-refractivity contribution in [2.75, 3.05) is 27.1 Å². The minimum Gasteiger partial charge on any atom is -0.497 e. The maximum absolute atomic E-state index is 12.5. The van der Waals surface area contributed by atoms with Gasteiger partial charge in [0.25, 0.3) is 0 Å². The van der Waals surface area contributed by atoms with Crippen LogP contribution in [0.1, 0.15) is 26.4 Å². The Hall–Kier alpha value is -4.25. The highest BCUT2D eigenvalue weighted by molar-refractivity contribution is 6.01. The Morgan fingerprint density at radius 1 is 1.00 bits per heavy atom. The van der Waals surface area contributed by atoms with Gasteiger partial charge in [0.2, 0.25) is 0 Å². The smallest absolute Gasteiger partial charge is 0.357 e. The first kappa shape index (κ1) is 20.5. The molecule has 3 aromatic rings.